The number of rotatable bonds is 2. The van der Waals surface area contributed by atoms with Crippen LogP contribution in [-0.2, 0) is 5.88 Å². The van der Waals surface area contributed by atoms with Crippen molar-refractivity contribution in [3.05, 3.63) is 48.0 Å². The van der Waals surface area contributed by atoms with E-state index >= 15 is 0 Å². The first-order valence-corrected chi connectivity index (χ1v) is 7.42. The van der Waals surface area contributed by atoms with Gasteiger partial charge in [0.25, 0.3) is 0 Å². The zero-order chi connectivity index (χ0) is 12.5. The second-order valence-corrected chi connectivity index (χ2v) is 5.60. The largest absolute Gasteiger partial charge is 0.340 e. The summed E-state index contributed by atoms with van der Waals surface area (Å²) in [7, 11) is 0. The van der Waals surface area contributed by atoms with Gasteiger partial charge >= 0.3 is 0 Å². The molecular formula is C15H14ClNS. The van der Waals surface area contributed by atoms with Crippen LogP contribution in [0.5, 0.6) is 0 Å². The summed E-state index contributed by atoms with van der Waals surface area (Å²) in [4.78, 5) is 4.98. The minimum absolute atomic E-state index is 0.571. The fourth-order valence-electron chi connectivity index (χ4n) is 2.30. The predicted molar refractivity (Wildman–Crippen MR) is 79.2 cm³/mol. The van der Waals surface area contributed by atoms with Crippen LogP contribution >= 0.6 is 23.4 Å². The standard InChI is InChI=1S/C15H14ClNS/c1-2-17-12-5-3-4-6-14(12)18-15-9-11(10-16)7-8-13(15)17/h3-9H,2,10H2,1H3. The van der Waals surface area contributed by atoms with Gasteiger partial charge in [-0.15, -0.1) is 11.6 Å². The molecule has 1 aliphatic heterocycles. The normalized spacial score (nSPS) is 13.1. The van der Waals surface area contributed by atoms with Crippen molar-refractivity contribution in [1.82, 2.24) is 0 Å². The fourth-order valence-corrected chi connectivity index (χ4v) is 3.63. The highest BCUT2D eigenvalue weighted by atomic mass is 35.5. The number of fused-ring (bicyclic) bond motifs is 2. The molecule has 0 N–H and O–H groups in total. The zero-order valence-corrected chi connectivity index (χ0v) is 11.8. The first-order chi connectivity index (χ1) is 8.83. The molecule has 1 aliphatic rings. The molecule has 1 nitrogen and oxygen atoms in total. The number of halogens is 1. The van der Waals surface area contributed by atoms with Crippen LogP contribution < -0.4 is 4.90 Å². The number of hydrogen-bond acceptors (Lipinski definition) is 2. The van der Waals surface area contributed by atoms with E-state index < -0.39 is 0 Å². The van der Waals surface area contributed by atoms with Gasteiger partial charge < -0.3 is 4.90 Å². The average Bonchev–Trinajstić information content (AvgIpc) is 2.44. The van der Waals surface area contributed by atoms with Crippen LogP contribution in [0.25, 0.3) is 0 Å². The van der Waals surface area contributed by atoms with Crippen molar-refractivity contribution < 1.29 is 0 Å². The van der Waals surface area contributed by atoms with E-state index in [1.54, 1.807) is 0 Å². The Bertz CT molecular complexity index is 582. The summed E-state index contributed by atoms with van der Waals surface area (Å²) in [5, 5.41) is 0. The van der Waals surface area contributed by atoms with Gasteiger partial charge in [-0.25, -0.2) is 0 Å². The van der Waals surface area contributed by atoms with E-state index in [0.29, 0.717) is 5.88 Å². The van der Waals surface area contributed by atoms with E-state index in [4.69, 9.17) is 11.6 Å². The molecule has 0 bridgehead atoms. The topological polar surface area (TPSA) is 3.24 Å². The Morgan fingerprint density at radius 3 is 2.61 bits per heavy atom. The number of benzene rings is 2. The van der Waals surface area contributed by atoms with E-state index in [0.717, 1.165) is 6.54 Å². The SMILES string of the molecule is CCN1c2ccccc2Sc2cc(CCl)ccc21. The van der Waals surface area contributed by atoms with Crippen LogP contribution in [0.2, 0.25) is 0 Å². The third-order valence-electron chi connectivity index (χ3n) is 3.16. The number of para-hydroxylation sites is 1. The predicted octanol–water partition coefficient (Wildman–Crippen LogP) is 5.05. The highest BCUT2D eigenvalue weighted by Crippen LogP contribution is 2.48. The molecule has 0 spiro atoms. The van der Waals surface area contributed by atoms with E-state index in [-0.39, 0.29) is 0 Å². The molecule has 3 heteroatoms. The van der Waals surface area contributed by atoms with Crippen molar-refractivity contribution in [2.45, 2.75) is 22.6 Å². The Labute approximate surface area is 117 Å². The molecule has 0 unspecified atom stereocenters. The third-order valence-corrected chi connectivity index (χ3v) is 4.58. The van der Waals surface area contributed by atoms with Crippen LogP contribution in [0.15, 0.2) is 52.3 Å². The minimum Gasteiger partial charge on any atom is -0.340 e. The van der Waals surface area contributed by atoms with Gasteiger partial charge in [-0.1, -0.05) is 30.0 Å². The summed E-state index contributed by atoms with van der Waals surface area (Å²) in [6, 6.07) is 15.0. The number of hydrogen-bond donors (Lipinski definition) is 0. The second-order valence-electron chi connectivity index (χ2n) is 4.25. The van der Waals surface area contributed by atoms with Crippen molar-refractivity contribution in [2.75, 3.05) is 11.4 Å². The lowest BCUT2D eigenvalue weighted by Gasteiger charge is -2.32. The summed E-state index contributed by atoms with van der Waals surface area (Å²) in [5.74, 6) is 0.571. The molecule has 2 aromatic carbocycles. The maximum absolute atomic E-state index is 5.92. The molecule has 0 amide bonds. The van der Waals surface area contributed by atoms with Crippen LogP contribution in [0, 0.1) is 0 Å². The lowest BCUT2D eigenvalue weighted by molar-refractivity contribution is 0.977. The van der Waals surface area contributed by atoms with E-state index in [1.807, 2.05) is 11.8 Å². The highest BCUT2D eigenvalue weighted by Gasteiger charge is 2.21. The first-order valence-electron chi connectivity index (χ1n) is 6.06. The summed E-state index contributed by atoms with van der Waals surface area (Å²) < 4.78 is 0. The van der Waals surface area contributed by atoms with Gasteiger partial charge in [0.05, 0.1) is 11.4 Å². The van der Waals surface area contributed by atoms with Gasteiger partial charge in [-0.3, -0.25) is 0 Å². The molecule has 0 saturated heterocycles. The second kappa shape index (κ2) is 4.87. The summed E-state index contributed by atoms with van der Waals surface area (Å²) in [6.45, 7) is 3.16. The zero-order valence-electron chi connectivity index (χ0n) is 10.2. The summed E-state index contributed by atoms with van der Waals surface area (Å²) >= 11 is 7.75. The molecule has 92 valence electrons. The highest BCUT2D eigenvalue weighted by molar-refractivity contribution is 7.99. The summed E-state index contributed by atoms with van der Waals surface area (Å²) in [5.41, 5.74) is 3.77. The van der Waals surface area contributed by atoms with E-state index in [1.165, 1.54) is 26.7 Å². The quantitative estimate of drug-likeness (QED) is 0.706. The van der Waals surface area contributed by atoms with Crippen molar-refractivity contribution >= 4 is 34.7 Å². The first kappa shape index (κ1) is 11.9. The van der Waals surface area contributed by atoms with Gasteiger partial charge in [0.15, 0.2) is 0 Å². The van der Waals surface area contributed by atoms with Crippen LogP contribution in [0.3, 0.4) is 0 Å². The van der Waals surface area contributed by atoms with Gasteiger partial charge in [0, 0.05) is 22.2 Å². The smallest absolute Gasteiger partial charge is 0.0552 e. The molecule has 18 heavy (non-hydrogen) atoms. The molecule has 0 saturated carbocycles. The Kier molecular flexibility index (Phi) is 3.23. The Morgan fingerprint density at radius 2 is 1.83 bits per heavy atom. The van der Waals surface area contributed by atoms with Crippen molar-refractivity contribution in [2.24, 2.45) is 0 Å². The number of nitrogens with zero attached hydrogens (tertiary/aromatic N) is 1. The molecule has 0 atom stereocenters. The molecule has 3 rings (SSSR count). The van der Waals surface area contributed by atoms with E-state index in [9.17, 15) is 0 Å². The Morgan fingerprint density at radius 1 is 1.06 bits per heavy atom. The van der Waals surface area contributed by atoms with Gasteiger partial charge in [-0.05, 0) is 36.8 Å². The van der Waals surface area contributed by atoms with Crippen molar-refractivity contribution in [3.8, 4) is 0 Å². The summed E-state index contributed by atoms with van der Waals surface area (Å²) in [6.07, 6.45) is 0. The van der Waals surface area contributed by atoms with E-state index in [2.05, 4.69) is 54.3 Å². The molecule has 0 fully saturated rings. The molecular weight excluding hydrogens is 262 g/mol. The maximum atomic E-state index is 5.92. The average molecular weight is 276 g/mol. The molecule has 0 aliphatic carbocycles. The van der Waals surface area contributed by atoms with Crippen LogP contribution in [-0.4, -0.2) is 6.54 Å². The monoisotopic (exact) mass is 275 g/mol. The van der Waals surface area contributed by atoms with Gasteiger partial charge in [-0.2, -0.15) is 0 Å². The molecule has 0 aromatic heterocycles. The fraction of sp³-hybridized carbons (Fsp3) is 0.200. The van der Waals surface area contributed by atoms with Crippen LogP contribution in [0.4, 0.5) is 11.4 Å². The third kappa shape index (κ3) is 1.90. The number of anilines is 2. The molecule has 0 radical (unpaired) electrons. The van der Waals surface area contributed by atoms with Crippen molar-refractivity contribution in [1.29, 1.82) is 0 Å². The van der Waals surface area contributed by atoms with Gasteiger partial charge in [0.2, 0.25) is 0 Å². The van der Waals surface area contributed by atoms with Crippen LogP contribution in [0.1, 0.15) is 12.5 Å². The lowest BCUT2D eigenvalue weighted by atomic mass is 10.2. The minimum atomic E-state index is 0.571. The molecule has 1 heterocycles. The maximum Gasteiger partial charge on any atom is 0.0552 e. The number of alkyl halides is 1. The Balaban J connectivity index is 2.14. The lowest BCUT2D eigenvalue weighted by Crippen LogP contribution is -2.19. The molecule has 2 aromatic rings. The van der Waals surface area contributed by atoms with Crippen molar-refractivity contribution in [3.63, 3.8) is 0 Å². The van der Waals surface area contributed by atoms with Gasteiger partial charge in [0.1, 0.15) is 0 Å². The Hall–Kier alpha value is -1.12.